The van der Waals surface area contributed by atoms with E-state index >= 15 is 0 Å². The Balaban J connectivity index is 2.34. The van der Waals surface area contributed by atoms with Crippen LogP contribution in [-0.4, -0.2) is 39.0 Å². The predicted octanol–water partition coefficient (Wildman–Crippen LogP) is 1.56. The van der Waals surface area contributed by atoms with E-state index in [9.17, 15) is 8.42 Å². The fraction of sp³-hybridized carbons (Fsp3) is 0.600. The molecule has 6 heteroatoms. The Kier molecular flexibility index (Phi) is 5.03. The highest BCUT2D eigenvalue weighted by Crippen LogP contribution is 2.27. The van der Waals surface area contributed by atoms with Crippen molar-refractivity contribution in [3.63, 3.8) is 0 Å². The highest BCUT2D eigenvalue weighted by atomic mass is 32.2. The molecule has 5 nitrogen and oxygen atoms in total. The van der Waals surface area contributed by atoms with Crippen molar-refractivity contribution in [2.45, 2.75) is 44.2 Å². The summed E-state index contributed by atoms with van der Waals surface area (Å²) < 4.78 is 32.6. The van der Waals surface area contributed by atoms with Crippen molar-refractivity contribution in [3.8, 4) is 0 Å². The smallest absolute Gasteiger partial charge is 0.243 e. The van der Waals surface area contributed by atoms with Crippen molar-refractivity contribution in [2.75, 3.05) is 20.2 Å². The van der Waals surface area contributed by atoms with Gasteiger partial charge in [0, 0.05) is 26.7 Å². The van der Waals surface area contributed by atoms with Crippen LogP contribution in [0.5, 0.6) is 0 Å². The molecule has 0 spiro atoms. The summed E-state index contributed by atoms with van der Waals surface area (Å²) in [5, 5.41) is 0. The molecule has 118 valence electrons. The van der Waals surface area contributed by atoms with Gasteiger partial charge in [-0.25, -0.2) is 8.42 Å². The predicted molar refractivity (Wildman–Crippen MR) is 82.6 cm³/mol. The SMILES string of the molecule is COC1CCN(S(=O)(=O)c2cc(CN)cc(C)c2C)CC1. The van der Waals surface area contributed by atoms with Crippen LogP contribution in [0.25, 0.3) is 0 Å². The molecule has 1 saturated heterocycles. The van der Waals surface area contributed by atoms with Crippen LogP contribution in [0.3, 0.4) is 0 Å². The molecule has 21 heavy (non-hydrogen) atoms. The van der Waals surface area contributed by atoms with Crippen molar-refractivity contribution >= 4 is 10.0 Å². The molecule has 0 amide bonds. The standard InChI is InChI=1S/C15H24N2O3S/c1-11-8-13(10-16)9-15(12(11)2)21(18,19)17-6-4-14(20-3)5-7-17/h8-9,14H,4-7,10,16H2,1-3H3. The van der Waals surface area contributed by atoms with Gasteiger partial charge in [-0.15, -0.1) is 0 Å². The van der Waals surface area contributed by atoms with E-state index in [4.69, 9.17) is 10.5 Å². The van der Waals surface area contributed by atoms with Gasteiger partial charge >= 0.3 is 0 Å². The first-order chi connectivity index (χ1) is 9.90. The molecule has 1 heterocycles. The lowest BCUT2D eigenvalue weighted by molar-refractivity contribution is 0.0604. The average molecular weight is 312 g/mol. The van der Waals surface area contributed by atoms with Crippen LogP contribution >= 0.6 is 0 Å². The third kappa shape index (κ3) is 3.29. The topological polar surface area (TPSA) is 72.6 Å². The first-order valence-electron chi connectivity index (χ1n) is 7.23. The summed E-state index contributed by atoms with van der Waals surface area (Å²) in [4.78, 5) is 0.388. The molecule has 1 aromatic rings. The van der Waals surface area contributed by atoms with E-state index in [2.05, 4.69) is 0 Å². The van der Waals surface area contributed by atoms with E-state index in [1.807, 2.05) is 19.9 Å². The van der Waals surface area contributed by atoms with Crippen LogP contribution in [0.4, 0.5) is 0 Å². The molecule has 2 N–H and O–H groups in total. The number of methoxy groups -OCH3 is 1. The van der Waals surface area contributed by atoms with E-state index < -0.39 is 10.0 Å². The van der Waals surface area contributed by atoms with Gasteiger partial charge in [0.1, 0.15) is 0 Å². The molecule has 0 aliphatic carbocycles. The summed E-state index contributed by atoms with van der Waals surface area (Å²) in [7, 11) is -1.78. The van der Waals surface area contributed by atoms with Gasteiger partial charge in [-0.1, -0.05) is 6.07 Å². The number of nitrogens with zero attached hydrogens (tertiary/aromatic N) is 1. The van der Waals surface area contributed by atoms with Crippen LogP contribution in [-0.2, 0) is 21.3 Å². The third-order valence-corrected chi connectivity index (χ3v) is 6.29. The van der Waals surface area contributed by atoms with Gasteiger partial charge in [-0.3, -0.25) is 0 Å². The zero-order valence-electron chi connectivity index (χ0n) is 12.9. The Morgan fingerprint density at radius 2 is 1.90 bits per heavy atom. The molecular formula is C15H24N2O3S. The molecule has 0 bridgehead atoms. The van der Waals surface area contributed by atoms with E-state index in [0.717, 1.165) is 29.5 Å². The van der Waals surface area contributed by atoms with Crippen LogP contribution < -0.4 is 5.73 Å². The van der Waals surface area contributed by atoms with Gasteiger partial charge in [0.25, 0.3) is 0 Å². The van der Waals surface area contributed by atoms with Gasteiger partial charge in [0.15, 0.2) is 0 Å². The lowest BCUT2D eigenvalue weighted by Gasteiger charge is -2.31. The molecule has 1 aromatic carbocycles. The quantitative estimate of drug-likeness (QED) is 0.916. The highest BCUT2D eigenvalue weighted by Gasteiger charge is 2.30. The van der Waals surface area contributed by atoms with Gasteiger partial charge < -0.3 is 10.5 Å². The maximum Gasteiger partial charge on any atom is 0.243 e. The summed E-state index contributed by atoms with van der Waals surface area (Å²) in [6, 6.07) is 3.66. The number of hydrogen-bond donors (Lipinski definition) is 1. The van der Waals surface area contributed by atoms with Crippen molar-refractivity contribution in [3.05, 3.63) is 28.8 Å². The van der Waals surface area contributed by atoms with E-state index in [-0.39, 0.29) is 6.10 Å². The van der Waals surface area contributed by atoms with Gasteiger partial charge in [0.05, 0.1) is 11.0 Å². The minimum atomic E-state index is -3.46. The first-order valence-corrected chi connectivity index (χ1v) is 8.67. The van der Waals surface area contributed by atoms with E-state index in [0.29, 0.717) is 24.5 Å². The Labute approximate surface area is 127 Å². The number of hydrogen-bond acceptors (Lipinski definition) is 4. The number of nitrogens with two attached hydrogens (primary N) is 1. The zero-order valence-corrected chi connectivity index (χ0v) is 13.7. The van der Waals surface area contributed by atoms with E-state index in [1.165, 1.54) is 0 Å². The normalized spacial score (nSPS) is 18.1. The van der Waals surface area contributed by atoms with Crippen LogP contribution in [0.1, 0.15) is 29.5 Å². The lowest BCUT2D eigenvalue weighted by Crippen LogP contribution is -2.40. The monoisotopic (exact) mass is 312 g/mol. The number of rotatable bonds is 4. The van der Waals surface area contributed by atoms with Crippen LogP contribution in [0.2, 0.25) is 0 Å². The number of benzene rings is 1. The van der Waals surface area contributed by atoms with Crippen molar-refractivity contribution < 1.29 is 13.2 Å². The molecule has 0 unspecified atom stereocenters. The second-order valence-electron chi connectivity index (χ2n) is 5.58. The summed E-state index contributed by atoms with van der Waals surface area (Å²) in [5.41, 5.74) is 8.29. The van der Waals surface area contributed by atoms with Crippen LogP contribution in [0, 0.1) is 13.8 Å². The molecular weight excluding hydrogens is 288 g/mol. The van der Waals surface area contributed by atoms with Crippen LogP contribution in [0.15, 0.2) is 17.0 Å². The molecule has 1 aliphatic heterocycles. The van der Waals surface area contributed by atoms with Crippen molar-refractivity contribution in [2.24, 2.45) is 5.73 Å². The highest BCUT2D eigenvalue weighted by molar-refractivity contribution is 7.89. The minimum Gasteiger partial charge on any atom is -0.381 e. The summed E-state index contributed by atoms with van der Waals surface area (Å²) >= 11 is 0. The summed E-state index contributed by atoms with van der Waals surface area (Å²) in [6.45, 7) is 5.13. The number of aryl methyl sites for hydroxylation is 1. The second kappa shape index (κ2) is 6.44. The third-order valence-electron chi connectivity index (χ3n) is 4.27. The zero-order chi connectivity index (χ0) is 15.6. The van der Waals surface area contributed by atoms with Gasteiger partial charge in [-0.05, 0) is 49.4 Å². The largest absolute Gasteiger partial charge is 0.381 e. The Bertz CT molecular complexity index is 606. The summed E-state index contributed by atoms with van der Waals surface area (Å²) in [6.07, 6.45) is 1.64. The summed E-state index contributed by atoms with van der Waals surface area (Å²) in [5.74, 6) is 0. The Morgan fingerprint density at radius 3 is 2.43 bits per heavy atom. The Hall–Kier alpha value is -0.950. The number of ether oxygens (including phenoxy) is 1. The molecule has 0 radical (unpaired) electrons. The molecule has 1 aliphatic rings. The fourth-order valence-corrected chi connectivity index (χ4v) is 4.55. The molecule has 0 aromatic heterocycles. The maximum atomic E-state index is 12.9. The molecule has 0 saturated carbocycles. The lowest BCUT2D eigenvalue weighted by atomic mass is 10.1. The average Bonchev–Trinajstić information content (AvgIpc) is 2.49. The second-order valence-corrected chi connectivity index (χ2v) is 7.49. The molecule has 0 atom stereocenters. The number of sulfonamides is 1. The van der Waals surface area contributed by atoms with Gasteiger partial charge in [0.2, 0.25) is 10.0 Å². The molecule has 1 fully saturated rings. The molecule has 2 rings (SSSR count). The van der Waals surface area contributed by atoms with Crippen molar-refractivity contribution in [1.29, 1.82) is 0 Å². The number of piperidine rings is 1. The minimum absolute atomic E-state index is 0.162. The first kappa shape index (κ1) is 16.4. The maximum absolute atomic E-state index is 12.9. The fourth-order valence-electron chi connectivity index (χ4n) is 2.73. The van der Waals surface area contributed by atoms with Gasteiger partial charge in [-0.2, -0.15) is 4.31 Å². The Morgan fingerprint density at radius 1 is 1.29 bits per heavy atom. The van der Waals surface area contributed by atoms with Crippen molar-refractivity contribution in [1.82, 2.24) is 4.31 Å². The van der Waals surface area contributed by atoms with E-state index in [1.54, 1.807) is 17.5 Å².